The minimum Gasteiger partial charge on any atom is -0.480 e. The standard InChI is InChI=1S/C11H22O5S2Si/c1-4-14-19(15-5-2,16-6-3)9-7-8-13-11(18)10(12)17/h4-9H2,1-3H3,(H,12,17). The van der Waals surface area contributed by atoms with Gasteiger partial charge in [0, 0.05) is 25.9 Å². The molecule has 0 aromatic carbocycles. The van der Waals surface area contributed by atoms with Gasteiger partial charge in [-0.2, -0.15) is 0 Å². The normalized spacial score (nSPS) is 11.4. The zero-order valence-electron chi connectivity index (χ0n) is 11.6. The predicted octanol–water partition coefficient (Wildman–Crippen LogP) is 2.23. The second kappa shape index (κ2) is 10.8. The first-order chi connectivity index (χ1) is 9.01. The van der Waals surface area contributed by atoms with Gasteiger partial charge in [-0.1, -0.05) is 12.6 Å². The van der Waals surface area contributed by atoms with Crippen molar-refractivity contribution in [2.45, 2.75) is 33.2 Å². The fraction of sp³-hybridized carbons (Fsp3) is 0.818. The highest BCUT2D eigenvalue weighted by Crippen LogP contribution is 2.18. The van der Waals surface area contributed by atoms with Crippen LogP contribution in [0.3, 0.4) is 0 Å². The fourth-order valence-electron chi connectivity index (χ4n) is 1.52. The lowest BCUT2D eigenvalue weighted by Crippen LogP contribution is -2.46. The lowest BCUT2D eigenvalue weighted by molar-refractivity contribution is -0.106. The molecule has 0 rings (SSSR count). The molecule has 112 valence electrons. The van der Waals surface area contributed by atoms with E-state index < -0.39 is 13.9 Å². The molecule has 0 aliphatic heterocycles. The second-order valence-corrected chi connectivity index (χ2v) is 7.04. The van der Waals surface area contributed by atoms with Crippen LogP contribution in [-0.4, -0.2) is 45.4 Å². The van der Waals surface area contributed by atoms with Crippen molar-refractivity contribution in [2.75, 3.05) is 26.4 Å². The Balaban J connectivity index is 4.24. The highest BCUT2D eigenvalue weighted by Gasteiger charge is 2.39. The van der Waals surface area contributed by atoms with Crippen molar-refractivity contribution in [3.63, 3.8) is 0 Å². The Hall–Kier alpha value is 0.00688. The number of thiol groups is 1. The lowest BCUT2D eigenvalue weighted by Gasteiger charge is -2.28. The summed E-state index contributed by atoms with van der Waals surface area (Å²) in [4.78, 5) is 10.8. The minimum absolute atomic E-state index is 0.111. The van der Waals surface area contributed by atoms with E-state index in [0.717, 1.165) is 0 Å². The molecule has 0 unspecified atom stereocenters. The number of thiocarbonyl (C=S) groups is 1. The largest absolute Gasteiger partial charge is 0.501 e. The molecule has 0 spiro atoms. The van der Waals surface area contributed by atoms with Gasteiger partial charge in [0.1, 0.15) is 0 Å². The maximum absolute atomic E-state index is 10.8. The van der Waals surface area contributed by atoms with Gasteiger partial charge in [0.25, 0.3) is 5.12 Å². The van der Waals surface area contributed by atoms with Gasteiger partial charge in [0.2, 0.25) is 5.05 Å². The van der Waals surface area contributed by atoms with Crippen molar-refractivity contribution in [1.29, 1.82) is 0 Å². The van der Waals surface area contributed by atoms with Crippen LogP contribution in [0.25, 0.3) is 0 Å². The first-order valence-electron chi connectivity index (χ1n) is 6.33. The average Bonchev–Trinajstić information content (AvgIpc) is 2.35. The van der Waals surface area contributed by atoms with Gasteiger partial charge < -0.3 is 18.0 Å². The minimum atomic E-state index is -2.62. The van der Waals surface area contributed by atoms with E-state index in [2.05, 4.69) is 12.6 Å². The molecule has 0 amide bonds. The summed E-state index contributed by atoms with van der Waals surface area (Å²) in [7, 11) is -2.62. The summed E-state index contributed by atoms with van der Waals surface area (Å²) in [5, 5.41) is -0.641. The van der Waals surface area contributed by atoms with E-state index >= 15 is 0 Å². The van der Waals surface area contributed by atoms with Crippen molar-refractivity contribution in [3.05, 3.63) is 0 Å². The average molecular weight is 327 g/mol. The van der Waals surface area contributed by atoms with E-state index in [1.54, 1.807) is 0 Å². The Morgan fingerprint density at radius 2 is 1.58 bits per heavy atom. The molecule has 0 aliphatic carbocycles. The van der Waals surface area contributed by atoms with Crippen molar-refractivity contribution in [2.24, 2.45) is 0 Å². The fourth-order valence-corrected chi connectivity index (χ4v) is 4.24. The molecular formula is C11H22O5S2Si. The van der Waals surface area contributed by atoms with E-state index in [0.29, 0.717) is 38.9 Å². The van der Waals surface area contributed by atoms with Crippen molar-refractivity contribution >= 4 is 43.8 Å². The third kappa shape index (κ3) is 8.01. The first-order valence-corrected chi connectivity index (χ1v) is 9.12. The quantitative estimate of drug-likeness (QED) is 0.272. The van der Waals surface area contributed by atoms with Crippen LogP contribution in [0, 0.1) is 0 Å². The Bertz CT molecular complexity index is 271. The van der Waals surface area contributed by atoms with E-state index in [-0.39, 0.29) is 5.05 Å². The Kier molecular flexibility index (Phi) is 10.8. The molecule has 8 heteroatoms. The van der Waals surface area contributed by atoms with Crippen LogP contribution in [0.2, 0.25) is 6.04 Å². The summed E-state index contributed by atoms with van der Waals surface area (Å²) in [5.74, 6) is 0. The van der Waals surface area contributed by atoms with Crippen molar-refractivity contribution in [1.82, 2.24) is 0 Å². The van der Waals surface area contributed by atoms with Gasteiger partial charge in [-0.05, 0) is 39.4 Å². The molecule has 0 heterocycles. The van der Waals surface area contributed by atoms with E-state index in [1.807, 2.05) is 20.8 Å². The zero-order valence-corrected chi connectivity index (χ0v) is 14.4. The third-order valence-electron chi connectivity index (χ3n) is 2.13. The van der Waals surface area contributed by atoms with Gasteiger partial charge in [-0.25, -0.2) is 0 Å². The molecule has 0 aliphatic rings. The number of rotatable bonds is 11. The van der Waals surface area contributed by atoms with E-state index in [9.17, 15) is 4.79 Å². The van der Waals surface area contributed by atoms with Gasteiger partial charge in [0.15, 0.2) is 0 Å². The predicted molar refractivity (Wildman–Crippen MR) is 82.6 cm³/mol. The summed E-state index contributed by atoms with van der Waals surface area (Å²) in [6.07, 6.45) is 0.646. The van der Waals surface area contributed by atoms with E-state index in [1.165, 1.54) is 0 Å². The summed E-state index contributed by atoms with van der Waals surface area (Å²) in [6.45, 7) is 7.68. The molecule has 0 N–H and O–H groups in total. The highest BCUT2D eigenvalue weighted by atomic mass is 32.1. The number of ether oxygens (including phenoxy) is 1. The van der Waals surface area contributed by atoms with Gasteiger partial charge in [-0.15, -0.1) is 0 Å². The number of carbonyl (C=O) groups is 1. The monoisotopic (exact) mass is 326 g/mol. The van der Waals surface area contributed by atoms with Crippen LogP contribution < -0.4 is 0 Å². The van der Waals surface area contributed by atoms with Gasteiger partial charge in [0.05, 0.1) is 6.61 Å². The molecule has 0 aromatic heterocycles. The van der Waals surface area contributed by atoms with Crippen LogP contribution >= 0.6 is 24.8 Å². The molecule has 0 aromatic rings. The molecule has 0 saturated heterocycles. The van der Waals surface area contributed by atoms with Gasteiger partial charge in [-0.3, -0.25) is 4.79 Å². The van der Waals surface area contributed by atoms with Crippen LogP contribution in [0.1, 0.15) is 27.2 Å². The molecule has 0 saturated carbocycles. The van der Waals surface area contributed by atoms with Crippen LogP contribution in [0.4, 0.5) is 0 Å². The van der Waals surface area contributed by atoms with Crippen molar-refractivity contribution < 1.29 is 22.8 Å². The molecule has 5 nitrogen and oxygen atoms in total. The lowest BCUT2D eigenvalue weighted by atomic mass is 10.5. The summed E-state index contributed by atoms with van der Waals surface area (Å²) in [6, 6.07) is 0.631. The topological polar surface area (TPSA) is 54.0 Å². The summed E-state index contributed by atoms with van der Waals surface area (Å²) in [5.41, 5.74) is 0. The SMILES string of the molecule is CCO[Si](CCCOC(=S)C(=O)S)(OCC)OCC. The molecule has 0 fully saturated rings. The Morgan fingerprint density at radius 3 is 1.95 bits per heavy atom. The number of carbonyl (C=O) groups excluding carboxylic acids is 1. The van der Waals surface area contributed by atoms with Gasteiger partial charge >= 0.3 is 8.80 Å². The third-order valence-corrected chi connectivity index (χ3v) is 5.94. The van der Waals surface area contributed by atoms with Crippen molar-refractivity contribution in [3.8, 4) is 0 Å². The maximum atomic E-state index is 10.8. The molecule has 19 heavy (non-hydrogen) atoms. The smallest absolute Gasteiger partial charge is 0.480 e. The number of hydrogen-bond acceptors (Lipinski definition) is 6. The van der Waals surface area contributed by atoms with Crippen LogP contribution in [0.15, 0.2) is 0 Å². The molecule has 0 bridgehead atoms. The summed E-state index contributed by atoms with van der Waals surface area (Å²) >= 11 is 8.29. The maximum Gasteiger partial charge on any atom is 0.501 e. The van der Waals surface area contributed by atoms with E-state index in [4.69, 9.17) is 30.2 Å². The summed E-state index contributed by atoms with van der Waals surface area (Å²) < 4.78 is 22.2. The Labute approximate surface area is 126 Å². The molecule has 0 atom stereocenters. The number of hydrogen-bond donors (Lipinski definition) is 1. The highest BCUT2D eigenvalue weighted by molar-refractivity contribution is 8.02. The second-order valence-electron chi connectivity index (χ2n) is 3.53. The molecular weight excluding hydrogens is 304 g/mol. The van der Waals surface area contributed by atoms with Crippen LogP contribution in [-0.2, 0) is 22.8 Å². The Morgan fingerprint density at radius 1 is 1.11 bits per heavy atom. The zero-order chi connectivity index (χ0) is 14.7. The first kappa shape index (κ1) is 19.0. The van der Waals surface area contributed by atoms with Crippen LogP contribution in [0.5, 0.6) is 0 Å². The molecule has 0 radical (unpaired) electrons.